The van der Waals surface area contributed by atoms with Crippen LogP contribution in [0.2, 0.25) is 0 Å². The summed E-state index contributed by atoms with van der Waals surface area (Å²) >= 11 is 3.43. The Balaban J connectivity index is 1.73. The zero-order chi connectivity index (χ0) is 13.8. The largest absolute Gasteiger partial charge is 0.356 e. The van der Waals surface area contributed by atoms with Gasteiger partial charge in [-0.1, -0.05) is 28.1 Å². The molecule has 0 heterocycles. The Hall–Kier alpha value is -0.870. The van der Waals surface area contributed by atoms with Gasteiger partial charge in [0, 0.05) is 16.9 Å². The molecular weight excluding hydrogens is 304 g/mol. The topological polar surface area (TPSA) is 32.3 Å². The molecule has 0 saturated heterocycles. The van der Waals surface area contributed by atoms with Crippen LogP contribution in [-0.4, -0.2) is 38.0 Å². The molecule has 1 aliphatic rings. The summed E-state index contributed by atoms with van der Waals surface area (Å²) in [6, 6.07) is 8.29. The van der Waals surface area contributed by atoms with Gasteiger partial charge in [-0.3, -0.25) is 4.79 Å². The van der Waals surface area contributed by atoms with Crippen LogP contribution < -0.4 is 5.32 Å². The van der Waals surface area contributed by atoms with Crippen molar-refractivity contribution >= 4 is 21.8 Å². The number of rotatable bonds is 6. The van der Waals surface area contributed by atoms with Crippen LogP contribution in [0.25, 0.3) is 0 Å². The molecular formula is C15H21BrN2O. The molecule has 1 N–H and O–H groups in total. The predicted octanol–water partition coefficient (Wildman–Crippen LogP) is 2.62. The van der Waals surface area contributed by atoms with Crippen molar-refractivity contribution in [1.29, 1.82) is 0 Å². The molecule has 1 aromatic rings. The second-order valence-corrected chi connectivity index (χ2v) is 6.36. The molecule has 0 aromatic heterocycles. The summed E-state index contributed by atoms with van der Waals surface area (Å²) in [5.41, 5.74) is 1.27. The van der Waals surface area contributed by atoms with E-state index in [4.69, 9.17) is 0 Å². The fraction of sp³-hybridized carbons (Fsp3) is 0.533. The number of carbonyl (C=O) groups excluding carboxylic acids is 1. The number of amides is 1. The van der Waals surface area contributed by atoms with E-state index in [1.54, 1.807) is 0 Å². The molecule has 2 rings (SSSR count). The highest BCUT2D eigenvalue weighted by molar-refractivity contribution is 9.10. The van der Waals surface area contributed by atoms with Gasteiger partial charge in [0.15, 0.2) is 0 Å². The molecule has 0 bridgehead atoms. The smallest absolute Gasteiger partial charge is 0.223 e. The molecule has 0 unspecified atom stereocenters. The molecule has 3 nitrogen and oxygen atoms in total. The van der Waals surface area contributed by atoms with Gasteiger partial charge >= 0.3 is 0 Å². The van der Waals surface area contributed by atoms with Crippen LogP contribution in [-0.2, 0) is 4.79 Å². The summed E-state index contributed by atoms with van der Waals surface area (Å²) in [5, 5.41) is 3.04. The van der Waals surface area contributed by atoms with Crippen LogP contribution in [0.15, 0.2) is 28.7 Å². The van der Waals surface area contributed by atoms with E-state index in [0.717, 1.165) is 30.4 Å². The highest BCUT2D eigenvalue weighted by atomic mass is 79.9. The first-order valence-corrected chi connectivity index (χ1v) is 7.55. The quantitative estimate of drug-likeness (QED) is 0.816. The standard InChI is InChI=1S/C15H21BrN2O/c1-18(2)9-3-8-17-15(19)14-10-13(14)11-4-6-12(16)7-5-11/h4-7,13-14H,3,8-10H2,1-2H3,(H,17,19)/t13-,14+/m1/s1. The Bertz CT molecular complexity index is 430. The highest BCUT2D eigenvalue weighted by Gasteiger charge is 2.43. The summed E-state index contributed by atoms with van der Waals surface area (Å²) in [5.74, 6) is 0.814. The summed E-state index contributed by atoms with van der Waals surface area (Å²) in [7, 11) is 4.10. The van der Waals surface area contributed by atoms with Crippen LogP contribution in [0.1, 0.15) is 24.3 Å². The van der Waals surface area contributed by atoms with Gasteiger partial charge in [-0.25, -0.2) is 0 Å². The van der Waals surface area contributed by atoms with E-state index in [-0.39, 0.29) is 11.8 Å². The first kappa shape index (κ1) is 14.5. The van der Waals surface area contributed by atoms with Gasteiger partial charge in [-0.15, -0.1) is 0 Å². The van der Waals surface area contributed by atoms with Gasteiger partial charge in [-0.2, -0.15) is 0 Å². The van der Waals surface area contributed by atoms with Gasteiger partial charge in [0.2, 0.25) is 5.91 Å². The molecule has 2 atom stereocenters. The lowest BCUT2D eigenvalue weighted by Crippen LogP contribution is -2.28. The summed E-state index contributed by atoms with van der Waals surface area (Å²) in [6.07, 6.45) is 2.00. The van der Waals surface area contributed by atoms with Crippen LogP contribution >= 0.6 is 15.9 Å². The maximum absolute atomic E-state index is 12.0. The Morgan fingerprint density at radius 3 is 2.68 bits per heavy atom. The molecule has 1 saturated carbocycles. The molecule has 1 amide bonds. The Kier molecular flexibility index (Phi) is 4.99. The Morgan fingerprint density at radius 1 is 1.37 bits per heavy atom. The van der Waals surface area contributed by atoms with Crippen molar-refractivity contribution in [2.75, 3.05) is 27.2 Å². The van der Waals surface area contributed by atoms with Gasteiger partial charge in [0.05, 0.1) is 0 Å². The van der Waals surface area contributed by atoms with E-state index in [1.165, 1.54) is 5.56 Å². The molecule has 0 radical (unpaired) electrons. The van der Waals surface area contributed by atoms with Gasteiger partial charge in [0.25, 0.3) is 0 Å². The zero-order valence-electron chi connectivity index (χ0n) is 11.5. The van der Waals surface area contributed by atoms with E-state index >= 15 is 0 Å². The fourth-order valence-electron chi connectivity index (χ4n) is 2.30. The average molecular weight is 325 g/mol. The molecule has 104 valence electrons. The Morgan fingerprint density at radius 2 is 2.05 bits per heavy atom. The monoisotopic (exact) mass is 324 g/mol. The summed E-state index contributed by atoms with van der Waals surface area (Å²) < 4.78 is 1.08. The first-order chi connectivity index (χ1) is 9.08. The second-order valence-electron chi connectivity index (χ2n) is 5.45. The number of nitrogens with zero attached hydrogens (tertiary/aromatic N) is 1. The van der Waals surface area contributed by atoms with Crippen molar-refractivity contribution in [3.63, 3.8) is 0 Å². The van der Waals surface area contributed by atoms with Gasteiger partial charge < -0.3 is 10.2 Å². The van der Waals surface area contributed by atoms with Gasteiger partial charge in [-0.05, 0) is 57.1 Å². The summed E-state index contributed by atoms with van der Waals surface area (Å²) in [6.45, 7) is 1.79. The number of halogens is 1. The molecule has 0 aliphatic heterocycles. The van der Waals surface area contributed by atoms with E-state index in [9.17, 15) is 4.79 Å². The van der Waals surface area contributed by atoms with Crippen molar-refractivity contribution in [2.24, 2.45) is 5.92 Å². The normalized spacial score (nSPS) is 21.5. The lowest BCUT2D eigenvalue weighted by Gasteiger charge is -2.09. The van der Waals surface area contributed by atoms with Crippen LogP contribution in [0.3, 0.4) is 0 Å². The third-order valence-corrected chi connectivity index (χ3v) is 4.04. The third-order valence-electron chi connectivity index (χ3n) is 3.51. The number of carbonyl (C=O) groups is 1. The molecule has 1 fully saturated rings. The maximum atomic E-state index is 12.0. The molecule has 0 spiro atoms. The zero-order valence-corrected chi connectivity index (χ0v) is 13.1. The van der Waals surface area contributed by atoms with E-state index < -0.39 is 0 Å². The minimum absolute atomic E-state index is 0.181. The van der Waals surface area contributed by atoms with E-state index in [0.29, 0.717) is 5.92 Å². The summed E-state index contributed by atoms with van der Waals surface area (Å²) in [4.78, 5) is 14.1. The number of nitrogens with one attached hydrogen (secondary N) is 1. The predicted molar refractivity (Wildman–Crippen MR) is 81.2 cm³/mol. The molecule has 19 heavy (non-hydrogen) atoms. The number of benzene rings is 1. The minimum Gasteiger partial charge on any atom is -0.356 e. The van der Waals surface area contributed by atoms with Gasteiger partial charge in [0.1, 0.15) is 0 Å². The van der Waals surface area contributed by atoms with Crippen LogP contribution in [0, 0.1) is 5.92 Å². The lowest BCUT2D eigenvalue weighted by molar-refractivity contribution is -0.122. The van der Waals surface area contributed by atoms with Crippen LogP contribution in [0.4, 0.5) is 0 Å². The number of hydrogen-bond donors (Lipinski definition) is 1. The minimum atomic E-state index is 0.181. The number of hydrogen-bond acceptors (Lipinski definition) is 2. The van der Waals surface area contributed by atoms with Crippen molar-refractivity contribution in [1.82, 2.24) is 10.2 Å². The first-order valence-electron chi connectivity index (χ1n) is 6.76. The Labute approximate surface area is 123 Å². The van der Waals surface area contributed by atoms with Crippen molar-refractivity contribution in [2.45, 2.75) is 18.8 Å². The SMILES string of the molecule is CN(C)CCCNC(=O)[C@H]1C[C@@H]1c1ccc(Br)cc1. The molecule has 1 aliphatic carbocycles. The van der Waals surface area contributed by atoms with Crippen molar-refractivity contribution < 1.29 is 4.79 Å². The highest BCUT2D eigenvalue weighted by Crippen LogP contribution is 2.47. The van der Waals surface area contributed by atoms with Crippen molar-refractivity contribution in [3.05, 3.63) is 34.3 Å². The maximum Gasteiger partial charge on any atom is 0.223 e. The lowest BCUT2D eigenvalue weighted by atomic mass is 10.1. The third kappa shape index (κ3) is 4.32. The molecule has 1 aromatic carbocycles. The fourth-order valence-corrected chi connectivity index (χ4v) is 2.57. The molecule has 4 heteroatoms. The second kappa shape index (κ2) is 6.53. The van der Waals surface area contributed by atoms with E-state index in [1.807, 2.05) is 26.2 Å². The van der Waals surface area contributed by atoms with Crippen LogP contribution in [0.5, 0.6) is 0 Å². The average Bonchev–Trinajstić information content (AvgIpc) is 3.15. The van der Waals surface area contributed by atoms with E-state index in [2.05, 4.69) is 38.3 Å². The van der Waals surface area contributed by atoms with Crippen molar-refractivity contribution in [3.8, 4) is 0 Å².